The van der Waals surface area contributed by atoms with Crippen LogP contribution in [-0.2, 0) is 25.4 Å². The summed E-state index contributed by atoms with van der Waals surface area (Å²) in [4.78, 5) is 23.2. The molecule has 0 amide bonds. The van der Waals surface area contributed by atoms with Crippen LogP contribution in [0.25, 0.3) is 0 Å². The van der Waals surface area contributed by atoms with Gasteiger partial charge in [-0.25, -0.2) is 4.79 Å². The lowest BCUT2D eigenvalue weighted by molar-refractivity contribution is -0.155. The van der Waals surface area contributed by atoms with Gasteiger partial charge in [0, 0.05) is 0 Å². The topological polar surface area (TPSA) is 128 Å². The molecular formula is C16H24ClNO7. The number of carbonyl (C=O) groups is 2. The van der Waals surface area contributed by atoms with Gasteiger partial charge in [0.25, 0.3) is 0 Å². The SMILES string of the molecule is CCOC(=O)O[C@H](C)C(C)OC(=O)[C@@H](N)Cc1ccc(O)c(O)c1.Cl. The minimum atomic E-state index is -0.966. The monoisotopic (exact) mass is 377 g/mol. The third-order valence-electron chi connectivity index (χ3n) is 3.31. The van der Waals surface area contributed by atoms with Gasteiger partial charge in [-0.05, 0) is 44.9 Å². The Morgan fingerprint density at radius 3 is 2.28 bits per heavy atom. The Morgan fingerprint density at radius 2 is 1.72 bits per heavy atom. The summed E-state index contributed by atoms with van der Waals surface area (Å²) in [5.41, 5.74) is 6.35. The molecule has 0 fully saturated rings. The summed E-state index contributed by atoms with van der Waals surface area (Å²) < 4.78 is 14.8. The predicted octanol–water partition coefficient (Wildman–Crippen LogP) is 1.88. The van der Waals surface area contributed by atoms with E-state index < -0.39 is 30.4 Å². The number of phenols is 2. The maximum absolute atomic E-state index is 12.0. The second kappa shape index (κ2) is 10.6. The van der Waals surface area contributed by atoms with Crippen LogP contribution in [0.5, 0.6) is 11.5 Å². The van der Waals surface area contributed by atoms with Gasteiger partial charge in [0.05, 0.1) is 6.61 Å². The largest absolute Gasteiger partial charge is 0.508 e. The molecule has 0 saturated carbocycles. The summed E-state index contributed by atoms with van der Waals surface area (Å²) in [7, 11) is 0. The normalized spacial score (nSPS) is 13.8. The van der Waals surface area contributed by atoms with Crippen molar-refractivity contribution in [2.45, 2.75) is 45.4 Å². The van der Waals surface area contributed by atoms with Crippen molar-refractivity contribution in [1.82, 2.24) is 0 Å². The molecule has 0 heterocycles. The number of hydrogen-bond donors (Lipinski definition) is 3. The van der Waals surface area contributed by atoms with Gasteiger partial charge in [-0.15, -0.1) is 12.4 Å². The smallest absolute Gasteiger partial charge is 0.504 e. The third kappa shape index (κ3) is 7.49. The molecule has 8 nitrogen and oxygen atoms in total. The lowest BCUT2D eigenvalue weighted by Gasteiger charge is -2.22. The number of ether oxygens (including phenoxy) is 3. The van der Waals surface area contributed by atoms with Gasteiger partial charge < -0.3 is 30.2 Å². The quantitative estimate of drug-likeness (QED) is 0.485. The van der Waals surface area contributed by atoms with Gasteiger partial charge in [0.2, 0.25) is 0 Å². The molecule has 0 radical (unpaired) electrons. The molecule has 142 valence electrons. The van der Waals surface area contributed by atoms with E-state index in [1.807, 2.05) is 0 Å². The van der Waals surface area contributed by atoms with Crippen LogP contribution in [0.4, 0.5) is 4.79 Å². The zero-order valence-corrected chi connectivity index (χ0v) is 15.1. The van der Waals surface area contributed by atoms with Crippen LogP contribution in [0.15, 0.2) is 18.2 Å². The molecule has 0 aliphatic rings. The number of benzene rings is 1. The zero-order valence-electron chi connectivity index (χ0n) is 14.3. The second-order valence-electron chi connectivity index (χ2n) is 5.28. The summed E-state index contributed by atoms with van der Waals surface area (Å²) in [6, 6.07) is 3.20. The lowest BCUT2D eigenvalue weighted by atomic mass is 10.1. The van der Waals surface area contributed by atoms with Crippen LogP contribution in [0.3, 0.4) is 0 Å². The molecule has 0 aliphatic carbocycles. The van der Waals surface area contributed by atoms with Crippen molar-refractivity contribution in [2.75, 3.05) is 6.61 Å². The highest BCUT2D eigenvalue weighted by Crippen LogP contribution is 2.25. The second-order valence-corrected chi connectivity index (χ2v) is 5.28. The fraction of sp³-hybridized carbons (Fsp3) is 0.500. The Balaban J connectivity index is 0.00000576. The van der Waals surface area contributed by atoms with Crippen LogP contribution < -0.4 is 5.73 Å². The summed E-state index contributed by atoms with van der Waals surface area (Å²) >= 11 is 0. The van der Waals surface area contributed by atoms with Crippen LogP contribution in [0.2, 0.25) is 0 Å². The van der Waals surface area contributed by atoms with Gasteiger partial charge >= 0.3 is 12.1 Å². The minimum absolute atomic E-state index is 0. The van der Waals surface area contributed by atoms with Gasteiger partial charge in [-0.1, -0.05) is 6.07 Å². The first kappa shape index (κ1) is 22.8. The average molecular weight is 378 g/mol. The van der Waals surface area contributed by atoms with E-state index in [0.29, 0.717) is 5.56 Å². The fourth-order valence-corrected chi connectivity index (χ4v) is 1.80. The molecule has 1 unspecified atom stereocenters. The van der Waals surface area contributed by atoms with E-state index in [4.69, 9.17) is 15.2 Å². The number of esters is 1. The summed E-state index contributed by atoms with van der Waals surface area (Å²) in [6.07, 6.45) is -2.12. The fourth-order valence-electron chi connectivity index (χ4n) is 1.80. The highest BCUT2D eigenvalue weighted by molar-refractivity contribution is 5.85. The lowest BCUT2D eigenvalue weighted by Crippen LogP contribution is -2.39. The molecule has 25 heavy (non-hydrogen) atoms. The maximum Gasteiger partial charge on any atom is 0.508 e. The van der Waals surface area contributed by atoms with Crippen molar-refractivity contribution in [3.8, 4) is 11.5 Å². The Kier molecular flexibility index (Phi) is 9.70. The maximum atomic E-state index is 12.0. The molecule has 0 saturated heterocycles. The molecule has 1 aromatic carbocycles. The highest BCUT2D eigenvalue weighted by Gasteiger charge is 2.24. The third-order valence-corrected chi connectivity index (χ3v) is 3.31. The molecular weight excluding hydrogens is 354 g/mol. The number of phenolic OH excluding ortho intramolecular Hbond substituents is 2. The first-order valence-corrected chi connectivity index (χ1v) is 7.54. The number of hydrogen-bond acceptors (Lipinski definition) is 8. The Bertz CT molecular complexity index is 582. The van der Waals surface area contributed by atoms with Gasteiger partial charge in [-0.3, -0.25) is 4.79 Å². The summed E-state index contributed by atoms with van der Waals surface area (Å²) in [6.45, 7) is 4.97. The van der Waals surface area contributed by atoms with E-state index >= 15 is 0 Å². The molecule has 4 N–H and O–H groups in total. The van der Waals surface area contributed by atoms with Gasteiger partial charge in [0.15, 0.2) is 11.5 Å². The van der Waals surface area contributed by atoms with Crippen molar-refractivity contribution in [3.63, 3.8) is 0 Å². The zero-order chi connectivity index (χ0) is 18.3. The predicted molar refractivity (Wildman–Crippen MR) is 91.8 cm³/mol. The minimum Gasteiger partial charge on any atom is -0.504 e. The summed E-state index contributed by atoms with van der Waals surface area (Å²) in [5, 5.41) is 18.7. The van der Waals surface area contributed by atoms with Crippen LogP contribution in [-0.4, -0.2) is 47.2 Å². The molecule has 3 atom stereocenters. The first-order valence-electron chi connectivity index (χ1n) is 7.54. The number of rotatable bonds is 7. The first-order chi connectivity index (χ1) is 11.2. The number of halogens is 1. The molecule has 0 aliphatic heterocycles. The van der Waals surface area contributed by atoms with E-state index in [1.165, 1.54) is 18.2 Å². The van der Waals surface area contributed by atoms with Crippen molar-refractivity contribution in [3.05, 3.63) is 23.8 Å². The van der Waals surface area contributed by atoms with Crippen molar-refractivity contribution in [1.29, 1.82) is 0 Å². The average Bonchev–Trinajstić information content (AvgIpc) is 2.50. The number of carbonyl (C=O) groups excluding carboxylic acids is 2. The number of nitrogens with two attached hydrogens (primary N) is 1. The van der Waals surface area contributed by atoms with E-state index in [9.17, 15) is 19.8 Å². The Hall–Kier alpha value is -2.19. The van der Waals surface area contributed by atoms with E-state index in [2.05, 4.69) is 4.74 Å². The summed E-state index contributed by atoms with van der Waals surface area (Å²) in [5.74, 6) is -1.22. The highest BCUT2D eigenvalue weighted by atomic mass is 35.5. The van der Waals surface area contributed by atoms with E-state index in [0.717, 1.165) is 0 Å². The molecule has 9 heteroatoms. The molecule has 0 bridgehead atoms. The van der Waals surface area contributed by atoms with Gasteiger partial charge in [0.1, 0.15) is 18.2 Å². The van der Waals surface area contributed by atoms with Crippen molar-refractivity contribution >= 4 is 24.5 Å². The van der Waals surface area contributed by atoms with Gasteiger partial charge in [-0.2, -0.15) is 0 Å². The molecule has 0 aromatic heterocycles. The van der Waals surface area contributed by atoms with E-state index in [-0.39, 0.29) is 36.9 Å². The van der Waals surface area contributed by atoms with Crippen LogP contribution in [0, 0.1) is 0 Å². The van der Waals surface area contributed by atoms with Crippen LogP contribution >= 0.6 is 12.4 Å². The Labute approximate surface area is 152 Å². The van der Waals surface area contributed by atoms with Crippen molar-refractivity contribution in [2.24, 2.45) is 5.73 Å². The molecule has 0 spiro atoms. The number of aromatic hydroxyl groups is 2. The molecule has 1 rings (SSSR count). The standard InChI is InChI=1S/C16H23NO7.ClH/c1-4-22-16(21)24-10(3)9(2)23-15(20)12(17)7-11-5-6-13(18)14(19)8-11;/h5-6,8-10,12,18-19H,4,7,17H2,1-3H3;1H/t9?,10-,12+;/m1./s1. The van der Waals surface area contributed by atoms with E-state index in [1.54, 1.807) is 20.8 Å². The van der Waals surface area contributed by atoms with Crippen LogP contribution in [0.1, 0.15) is 26.3 Å². The van der Waals surface area contributed by atoms with Crippen molar-refractivity contribution < 1.29 is 34.0 Å². The molecule has 1 aromatic rings. The Morgan fingerprint density at radius 1 is 1.12 bits per heavy atom.